The van der Waals surface area contributed by atoms with Crippen molar-refractivity contribution in [3.8, 4) is 0 Å². The van der Waals surface area contributed by atoms with Crippen molar-refractivity contribution in [2.45, 2.75) is 0 Å². The van der Waals surface area contributed by atoms with Gasteiger partial charge in [-0.25, -0.2) is 0 Å². The van der Waals surface area contributed by atoms with E-state index in [0.29, 0.717) is 16.5 Å². The van der Waals surface area contributed by atoms with Gasteiger partial charge in [-0.1, -0.05) is 132 Å². The zero-order valence-corrected chi connectivity index (χ0v) is 67.3. The van der Waals surface area contributed by atoms with E-state index in [1.165, 1.54) is 46.4 Å². The highest BCUT2D eigenvalue weighted by molar-refractivity contribution is 9.25. The van der Waals surface area contributed by atoms with Crippen LogP contribution < -0.4 is 21.9 Å². The van der Waals surface area contributed by atoms with Crippen molar-refractivity contribution in [1.82, 2.24) is 0 Å². The molecular weight excluding hydrogens is 1720 g/mol. The molecule has 382 valence electrons. The van der Waals surface area contributed by atoms with Crippen molar-refractivity contribution in [1.29, 1.82) is 0 Å². The lowest BCUT2D eigenvalue weighted by molar-refractivity contribution is 0.865. The molecule has 0 aromatic heterocycles. The van der Waals surface area contributed by atoms with Crippen LogP contribution in [0.1, 0.15) is 0 Å². The molecule has 0 unspecified atom stereocenters. The van der Waals surface area contributed by atoms with E-state index in [0.717, 1.165) is 0 Å². The molecule has 4 aromatic rings. The number of rotatable bonds is 4. The molecule has 0 radical (unpaired) electrons. The molecule has 0 aliphatic carbocycles. The van der Waals surface area contributed by atoms with Gasteiger partial charge in [0.05, 0.1) is 0 Å². The minimum Gasteiger partial charge on any atom is -0.322 e. The first-order valence-corrected chi connectivity index (χ1v) is 68.6. The Morgan fingerprint density at radius 1 is 0.246 bits per heavy atom. The van der Waals surface area contributed by atoms with Crippen molar-refractivity contribution < 1.29 is 4.32 Å². The summed E-state index contributed by atoms with van der Waals surface area (Å²) in [6.45, 7) is -1.02. The maximum atomic E-state index is 13.9. The van der Waals surface area contributed by atoms with Crippen LogP contribution in [0.4, 0.5) is 4.32 Å². The van der Waals surface area contributed by atoms with Crippen LogP contribution in [0.5, 0.6) is 0 Å². The van der Waals surface area contributed by atoms with E-state index in [9.17, 15) is 4.32 Å². The van der Waals surface area contributed by atoms with E-state index >= 15 is 0 Å². The third-order valence-electron chi connectivity index (χ3n) is 5.34. The van der Waals surface area contributed by atoms with Crippen LogP contribution in [0.2, 0.25) is 0 Å². The zero-order valence-electron chi connectivity index (χ0n) is 32.2. The minimum atomic E-state index is -1.02. The largest absolute Gasteiger partial charge is 0.413 e. The van der Waals surface area contributed by atoms with E-state index in [1.807, 2.05) is 48.5 Å². The molecule has 4 aromatic carbocycles. The first kappa shape index (κ1) is 73.5. The summed E-state index contributed by atoms with van der Waals surface area (Å²) in [6, 6.07) is 39.2. The predicted molar refractivity (Wildman–Crippen MR) is 428 cm³/mol. The molecule has 0 saturated heterocycles. The second-order valence-electron chi connectivity index (χ2n) is 8.89. The van der Waals surface area contributed by atoms with Crippen molar-refractivity contribution in [2.24, 2.45) is 0 Å². The Balaban J connectivity index is 0.000000466. The summed E-state index contributed by atoms with van der Waals surface area (Å²) in [4.78, 5) is 0. The van der Waals surface area contributed by atoms with Crippen molar-refractivity contribution in [3.63, 3.8) is 0 Å². The predicted octanol–water partition coefficient (Wildman–Crippen LogP) is 3.85. The number of hydrogen-bond donors (Lipinski definition) is 0. The Kier molecular flexibility index (Phi) is 64.4. The van der Waals surface area contributed by atoms with Crippen LogP contribution >= 0.6 is 15.8 Å². The summed E-state index contributed by atoms with van der Waals surface area (Å²) < 4.78 is 13.9. The maximum absolute atomic E-state index is 13.9. The van der Waals surface area contributed by atoms with Gasteiger partial charge in [-0.2, -0.15) is 0 Å². The van der Waals surface area contributed by atoms with E-state index in [1.54, 1.807) is 317 Å². The van der Waals surface area contributed by atoms with Gasteiger partial charge in [0.25, 0.3) is 5.54 Å². The van der Waals surface area contributed by atoms with Crippen molar-refractivity contribution >= 4 is 423 Å². The summed E-state index contributed by atoms with van der Waals surface area (Å²) in [5, 5.41) is 0. The van der Waals surface area contributed by atoms with E-state index in [-0.39, 0.29) is 0 Å². The van der Waals surface area contributed by atoms with Crippen LogP contribution in [-0.2, 0) is 373 Å². The Labute approximate surface area is 536 Å². The smallest absolute Gasteiger partial charge is 0.322 e. The van der Waals surface area contributed by atoms with Crippen LogP contribution in [-0.4, -0.2) is 12.5 Å². The van der Waals surface area contributed by atoms with Crippen LogP contribution in [0, 0.1) is 0 Å². The highest BCUT2D eigenvalue weighted by Crippen LogP contribution is 1.98. The van der Waals surface area contributed by atoms with Gasteiger partial charge in [0.15, 0.2) is 0 Å². The Bertz CT molecular complexity index is 3660. The van der Waals surface area contributed by atoms with Gasteiger partial charge < -0.3 is 4.32 Å². The number of hydrogen-bond acceptors (Lipinski definition) is 4. The molecule has 69 heavy (non-hydrogen) atoms. The average Bonchev–Trinajstić information content (AvgIpc) is 3.40. The van der Waals surface area contributed by atoms with Gasteiger partial charge >= 0.3 is 6.99 Å². The zero-order chi connectivity index (χ0) is 49.8. The molecule has 0 bridgehead atoms. The van der Waals surface area contributed by atoms with Crippen LogP contribution in [0.3, 0.4) is 0 Å². The topological polar surface area (TPSA) is 0 Å². The molecule has 45 heteroatoms. The van der Waals surface area contributed by atoms with Gasteiger partial charge in [-0.3, -0.25) is 0 Å². The molecule has 0 amide bonds. The average molecular weight is 1740 g/mol. The van der Waals surface area contributed by atoms with E-state index < -0.39 is 6.99 Å². The molecule has 0 N–H and O–H groups in total. The summed E-state index contributed by atoms with van der Waals surface area (Å²) >= 11 is 22.7. The summed E-state index contributed by atoms with van der Waals surface area (Å²) in [5.74, 6) is 0. The van der Waals surface area contributed by atoms with Gasteiger partial charge in [-0.05, 0) is 10.9 Å². The molecule has 0 saturated carbocycles. The van der Waals surface area contributed by atoms with Gasteiger partial charge in [-0.15, -0.1) is 15.8 Å². The van der Waals surface area contributed by atoms with Crippen molar-refractivity contribution in [2.75, 3.05) is 0 Å². The molecule has 0 spiro atoms. The quantitative estimate of drug-likeness (QED) is 0.285. The van der Waals surface area contributed by atoms with Crippen LogP contribution in [0.15, 0.2) is 121 Å². The number of benzene rings is 4. The van der Waals surface area contributed by atoms with Crippen LogP contribution in [0.25, 0.3) is 0 Å². The molecule has 0 atom stereocenters. The van der Waals surface area contributed by atoms with E-state index in [4.69, 9.17) is 44.8 Å². The molecule has 0 aliphatic heterocycles. The Morgan fingerprint density at radius 2 is 0.391 bits per heavy atom. The summed E-state index contributed by atoms with van der Waals surface area (Å²) in [5.41, 5.74) is 4.29. The maximum Gasteiger partial charge on any atom is 0.413 e. The SMILES string of the molecule is BrB(c1ccccc1)c1ccccc1.FB(c1ccccc1)c1ccccc1.S=S=S=S=S=S=S=S=S=S=S=S=S=S=S=S=S=S=S=S.S=S=S=S=S=S=S=S=S=S=S=S=S=S=S=S=S=S=S=S=S. The lowest BCUT2D eigenvalue weighted by Gasteiger charge is -2.06. The second-order valence-corrected chi connectivity index (χ2v) is 75.3. The van der Waals surface area contributed by atoms with Gasteiger partial charge in [0.2, 0.25) is 0 Å². The van der Waals surface area contributed by atoms with Crippen molar-refractivity contribution in [3.05, 3.63) is 121 Å². The fourth-order valence-electron chi connectivity index (χ4n) is 3.25. The summed E-state index contributed by atoms with van der Waals surface area (Å²) in [7, 11) is 63.5. The fourth-order valence-corrected chi connectivity index (χ4v) is 94.4. The number of halogens is 2. The normalized spacial score (nSPS) is 8.38. The first-order valence-electron chi connectivity index (χ1n) is 15.7. The minimum absolute atomic E-state index is 0.296. The first-order chi connectivity index (χ1) is 34.1. The third kappa shape index (κ3) is 48.8. The molecule has 0 heterocycles. The molecule has 0 aliphatic rings. The Morgan fingerprint density at radius 3 is 0.551 bits per heavy atom. The van der Waals surface area contributed by atoms with Gasteiger partial charge in [0, 0.05) is 373 Å². The highest BCUT2D eigenvalue weighted by Gasteiger charge is 2.18. The van der Waals surface area contributed by atoms with Gasteiger partial charge in [0.1, 0.15) is 0 Å². The monoisotopic (exact) mass is 1740 g/mol. The molecule has 0 fully saturated rings. The Hall–Kier alpha value is 6.44. The second kappa shape index (κ2) is 60.5. The lowest BCUT2D eigenvalue weighted by Crippen LogP contribution is -2.37. The standard InChI is InChI=1S/C12H10BBr.C12H10BF.S21.S20/c2*14-13(11-7-3-1-4-8-11)12-9-5-2-6-10-12;1-3-5-7-9-11-13-15-17-19-21-20-18-16-14-12-10-8-6-4-2;1-3-5-7-9-11-13-15-17-19-20-18-16-14-12-10-8-6-4-2/h2*1-10H;;. The molecule has 4 rings (SSSR count). The molecular formula is C24H20B2BrFS41. The lowest BCUT2D eigenvalue weighted by atomic mass is 9.59. The molecule has 0 nitrogen and oxygen atoms in total. The third-order valence-corrected chi connectivity index (χ3v) is 84.2. The highest BCUT2D eigenvalue weighted by atomic mass is 79.9. The fraction of sp³-hybridized carbons (Fsp3) is 0. The summed E-state index contributed by atoms with van der Waals surface area (Å²) in [6.07, 6.45) is 0. The van der Waals surface area contributed by atoms with E-state index in [2.05, 4.69) is 64.3 Å².